The molecule has 2 aromatic rings. The molecule has 0 bridgehead atoms. The Balaban J connectivity index is 1.69. The summed E-state index contributed by atoms with van der Waals surface area (Å²) in [7, 11) is 0. The molecular formula is C20H22N4O6. The third kappa shape index (κ3) is 7.58. The number of carbonyl (C=O) groups is 3. The highest BCUT2D eigenvalue weighted by Crippen LogP contribution is 2.23. The van der Waals surface area contributed by atoms with Crippen LogP contribution in [0.25, 0.3) is 0 Å². The minimum absolute atomic E-state index is 0.0423. The molecule has 0 saturated heterocycles. The van der Waals surface area contributed by atoms with Gasteiger partial charge in [0, 0.05) is 37.3 Å². The van der Waals surface area contributed by atoms with E-state index in [1.54, 1.807) is 42.5 Å². The molecule has 10 nitrogen and oxygen atoms in total. The number of ether oxygens (including phenoxy) is 1. The lowest BCUT2D eigenvalue weighted by atomic mass is 10.2. The Morgan fingerprint density at radius 1 is 1.03 bits per heavy atom. The zero-order valence-corrected chi connectivity index (χ0v) is 16.3. The Morgan fingerprint density at radius 2 is 1.73 bits per heavy atom. The van der Waals surface area contributed by atoms with Gasteiger partial charge < -0.3 is 20.7 Å². The second kappa shape index (κ2) is 11.1. The Bertz CT molecular complexity index is 931. The predicted molar refractivity (Wildman–Crippen MR) is 111 cm³/mol. The van der Waals surface area contributed by atoms with Gasteiger partial charge in [0.15, 0.2) is 6.61 Å². The minimum atomic E-state index is -0.554. The molecule has 0 atom stereocenters. The Kier molecular flexibility index (Phi) is 8.30. The number of para-hydroxylation sites is 2. The van der Waals surface area contributed by atoms with Crippen LogP contribution in [0.2, 0.25) is 0 Å². The standard InChI is InChI=1S/C20H22N4O6/c1-14(25)22-15-6-4-7-16(12-15)23-19(26)13-30-20(27)10-5-11-21-17-8-2-3-9-18(17)24(28)29/h2-4,6-9,12,21H,5,10-11,13H2,1H3,(H,22,25)(H,23,26). The van der Waals surface area contributed by atoms with Crippen molar-refractivity contribution in [1.29, 1.82) is 0 Å². The van der Waals surface area contributed by atoms with E-state index in [0.717, 1.165) is 0 Å². The fourth-order valence-corrected chi connectivity index (χ4v) is 2.53. The van der Waals surface area contributed by atoms with Gasteiger partial charge in [-0.05, 0) is 30.7 Å². The van der Waals surface area contributed by atoms with Crippen LogP contribution in [0, 0.1) is 10.1 Å². The molecule has 2 aromatic carbocycles. The molecule has 10 heteroatoms. The van der Waals surface area contributed by atoms with Crippen molar-refractivity contribution in [3.63, 3.8) is 0 Å². The summed E-state index contributed by atoms with van der Waals surface area (Å²) in [6.45, 7) is 1.27. The summed E-state index contributed by atoms with van der Waals surface area (Å²) >= 11 is 0. The molecule has 0 radical (unpaired) electrons. The highest BCUT2D eigenvalue weighted by molar-refractivity contribution is 5.94. The molecule has 0 aliphatic rings. The van der Waals surface area contributed by atoms with Gasteiger partial charge in [-0.1, -0.05) is 18.2 Å². The maximum atomic E-state index is 11.9. The summed E-state index contributed by atoms with van der Waals surface area (Å²) in [4.78, 5) is 45.2. The minimum Gasteiger partial charge on any atom is -0.456 e. The van der Waals surface area contributed by atoms with Crippen LogP contribution in [0.1, 0.15) is 19.8 Å². The number of esters is 1. The van der Waals surface area contributed by atoms with Gasteiger partial charge in [0.05, 0.1) is 4.92 Å². The third-order valence-corrected chi connectivity index (χ3v) is 3.80. The lowest BCUT2D eigenvalue weighted by molar-refractivity contribution is -0.384. The smallest absolute Gasteiger partial charge is 0.306 e. The van der Waals surface area contributed by atoms with Crippen molar-refractivity contribution in [2.24, 2.45) is 0 Å². The van der Waals surface area contributed by atoms with E-state index >= 15 is 0 Å². The van der Waals surface area contributed by atoms with E-state index in [9.17, 15) is 24.5 Å². The van der Waals surface area contributed by atoms with Crippen LogP contribution in [0.5, 0.6) is 0 Å². The van der Waals surface area contributed by atoms with Gasteiger partial charge in [-0.15, -0.1) is 0 Å². The van der Waals surface area contributed by atoms with Crippen LogP contribution in [0.4, 0.5) is 22.7 Å². The third-order valence-electron chi connectivity index (χ3n) is 3.80. The van der Waals surface area contributed by atoms with E-state index < -0.39 is 23.4 Å². The second-order valence-electron chi connectivity index (χ2n) is 6.28. The van der Waals surface area contributed by atoms with Crippen molar-refractivity contribution in [2.45, 2.75) is 19.8 Å². The molecule has 3 N–H and O–H groups in total. The fraction of sp³-hybridized carbons (Fsp3) is 0.250. The normalized spacial score (nSPS) is 10.0. The second-order valence-corrected chi connectivity index (χ2v) is 6.28. The zero-order valence-electron chi connectivity index (χ0n) is 16.3. The Labute approximate surface area is 172 Å². The summed E-state index contributed by atoms with van der Waals surface area (Å²) in [6, 6.07) is 12.8. The Morgan fingerprint density at radius 3 is 2.43 bits per heavy atom. The highest BCUT2D eigenvalue weighted by atomic mass is 16.6. The van der Waals surface area contributed by atoms with E-state index in [1.165, 1.54) is 13.0 Å². The maximum Gasteiger partial charge on any atom is 0.306 e. The van der Waals surface area contributed by atoms with Crippen molar-refractivity contribution in [1.82, 2.24) is 0 Å². The van der Waals surface area contributed by atoms with Crippen molar-refractivity contribution in [3.8, 4) is 0 Å². The molecule has 0 unspecified atom stereocenters. The lowest BCUT2D eigenvalue weighted by Gasteiger charge is -2.09. The topological polar surface area (TPSA) is 140 Å². The number of rotatable bonds is 10. The number of carbonyl (C=O) groups excluding carboxylic acids is 3. The number of anilines is 3. The summed E-state index contributed by atoms with van der Waals surface area (Å²) in [5, 5.41) is 19.0. The molecule has 0 heterocycles. The van der Waals surface area contributed by atoms with Gasteiger partial charge in [-0.2, -0.15) is 0 Å². The van der Waals surface area contributed by atoms with E-state index in [1.807, 2.05) is 0 Å². The fourth-order valence-electron chi connectivity index (χ4n) is 2.53. The largest absolute Gasteiger partial charge is 0.456 e. The number of amides is 2. The Hall–Kier alpha value is -3.95. The summed E-state index contributed by atoms with van der Waals surface area (Å²) in [5.74, 6) is -1.30. The van der Waals surface area contributed by atoms with E-state index in [0.29, 0.717) is 30.0 Å². The molecule has 0 aliphatic carbocycles. The number of nitro benzene ring substituents is 1. The molecule has 0 spiro atoms. The van der Waals surface area contributed by atoms with Crippen LogP contribution >= 0.6 is 0 Å². The number of benzene rings is 2. The van der Waals surface area contributed by atoms with Gasteiger partial charge in [0.1, 0.15) is 5.69 Å². The monoisotopic (exact) mass is 414 g/mol. The van der Waals surface area contributed by atoms with Crippen LogP contribution < -0.4 is 16.0 Å². The predicted octanol–water partition coefficient (Wildman–Crippen LogP) is 2.93. The number of nitrogens with zero attached hydrogens (tertiary/aromatic N) is 1. The molecule has 158 valence electrons. The molecule has 0 fully saturated rings. The SMILES string of the molecule is CC(=O)Nc1cccc(NC(=O)COC(=O)CCCNc2ccccc2[N+](=O)[O-])c1. The average molecular weight is 414 g/mol. The quantitative estimate of drug-likeness (QED) is 0.235. The molecule has 0 saturated carbocycles. The van der Waals surface area contributed by atoms with E-state index in [4.69, 9.17) is 4.74 Å². The molecule has 2 rings (SSSR count). The maximum absolute atomic E-state index is 11.9. The average Bonchev–Trinajstić information content (AvgIpc) is 2.69. The molecule has 30 heavy (non-hydrogen) atoms. The summed E-state index contributed by atoms with van der Waals surface area (Å²) in [6.07, 6.45) is 0.435. The van der Waals surface area contributed by atoms with Crippen LogP contribution in [0.15, 0.2) is 48.5 Å². The highest BCUT2D eigenvalue weighted by Gasteiger charge is 2.12. The van der Waals surface area contributed by atoms with Crippen LogP contribution in [-0.2, 0) is 19.1 Å². The van der Waals surface area contributed by atoms with Crippen LogP contribution in [-0.4, -0.2) is 35.9 Å². The number of nitro groups is 1. The van der Waals surface area contributed by atoms with E-state index in [-0.39, 0.29) is 18.0 Å². The number of hydrogen-bond acceptors (Lipinski definition) is 7. The number of nitrogens with one attached hydrogen (secondary N) is 3. The van der Waals surface area contributed by atoms with Crippen LogP contribution in [0.3, 0.4) is 0 Å². The molecule has 2 amide bonds. The first kappa shape index (κ1) is 22.3. The molecule has 0 aromatic heterocycles. The first-order valence-corrected chi connectivity index (χ1v) is 9.15. The van der Waals surface area contributed by atoms with Crippen molar-refractivity contribution in [2.75, 3.05) is 29.1 Å². The first-order chi connectivity index (χ1) is 14.3. The first-order valence-electron chi connectivity index (χ1n) is 9.15. The number of hydrogen-bond donors (Lipinski definition) is 3. The van der Waals surface area contributed by atoms with Crippen molar-refractivity contribution in [3.05, 3.63) is 58.6 Å². The molecule has 0 aliphatic heterocycles. The molecular weight excluding hydrogens is 392 g/mol. The van der Waals surface area contributed by atoms with Gasteiger partial charge >= 0.3 is 5.97 Å². The van der Waals surface area contributed by atoms with Gasteiger partial charge in [0.25, 0.3) is 11.6 Å². The van der Waals surface area contributed by atoms with Crippen molar-refractivity contribution >= 4 is 40.5 Å². The van der Waals surface area contributed by atoms with Crippen molar-refractivity contribution < 1.29 is 24.0 Å². The summed E-state index contributed by atoms with van der Waals surface area (Å²) in [5.41, 5.74) is 1.32. The zero-order chi connectivity index (χ0) is 21.9. The van der Waals surface area contributed by atoms with E-state index in [2.05, 4.69) is 16.0 Å². The van der Waals surface area contributed by atoms with Gasteiger partial charge in [-0.25, -0.2) is 0 Å². The van der Waals surface area contributed by atoms with Gasteiger partial charge in [-0.3, -0.25) is 24.5 Å². The van der Waals surface area contributed by atoms with Gasteiger partial charge in [0.2, 0.25) is 5.91 Å². The summed E-state index contributed by atoms with van der Waals surface area (Å²) < 4.78 is 4.93. The lowest BCUT2D eigenvalue weighted by Crippen LogP contribution is -2.21.